The summed E-state index contributed by atoms with van der Waals surface area (Å²) >= 11 is 0. The van der Waals surface area contributed by atoms with Crippen molar-refractivity contribution < 1.29 is 43.2 Å². The largest absolute Gasteiger partial charge is 0.509 e. The zero-order valence-electron chi connectivity index (χ0n) is 12.8. The fourth-order valence-corrected chi connectivity index (χ4v) is 3.23. The Labute approximate surface area is 141 Å². The number of aliphatic hydroxyl groups excluding tert-OH is 1. The van der Waals surface area contributed by atoms with Gasteiger partial charge in [0.1, 0.15) is 12.2 Å². The van der Waals surface area contributed by atoms with Crippen molar-refractivity contribution in [1.29, 1.82) is 0 Å². The fourth-order valence-electron chi connectivity index (χ4n) is 3.23. The molecule has 9 nitrogen and oxygen atoms in total. The zero-order valence-corrected chi connectivity index (χ0v) is 12.8. The number of benzene rings is 1. The molecular weight excluding hydrogens is 336 g/mol. The van der Waals surface area contributed by atoms with Crippen LogP contribution in [0, 0.1) is 0 Å². The lowest BCUT2D eigenvalue weighted by atomic mass is 9.83. The third kappa shape index (κ3) is 2.71. The van der Waals surface area contributed by atoms with Crippen LogP contribution in [-0.4, -0.2) is 59.8 Å². The summed E-state index contributed by atoms with van der Waals surface area (Å²) in [6.45, 7) is 0.164. The van der Waals surface area contributed by atoms with Gasteiger partial charge in [-0.2, -0.15) is 0 Å². The molecule has 132 valence electrons. The standard InChI is InChI=1S/C16H14O9/c17-8-9-11(21-6-7-4-2-1-3-5-7)13(25-16(20)24-9)12-10(8)22-14(18)15(19)23-12/h1-5,8-13,17H,6H2. The topological polar surface area (TPSA) is 118 Å². The molecule has 2 heterocycles. The average molecular weight is 350 g/mol. The fraction of sp³-hybridized carbons (Fsp3) is 0.438. The number of hydrogen-bond acceptors (Lipinski definition) is 9. The van der Waals surface area contributed by atoms with Gasteiger partial charge in [-0.25, -0.2) is 14.4 Å². The van der Waals surface area contributed by atoms with Crippen LogP contribution in [0.1, 0.15) is 5.56 Å². The number of aliphatic hydroxyl groups is 1. The Bertz CT molecular complexity index is 703. The number of carbonyl (C=O) groups excluding carboxylic acids is 3. The van der Waals surface area contributed by atoms with Gasteiger partial charge in [0.2, 0.25) is 0 Å². The molecule has 2 bridgehead atoms. The van der Waals surface area contributed by atoms with Crippen LogP contribution in [0.3, 0.4) is 0 Å². The van der Waals surface area contributed by atoms with Gasteiger partial charge < -0.3 is 28.8 Å². The van der Waals surface area contributed by atoms with Crippen LogP contribution in [0.4, 0.5) is 4.79 Å². The summed E-state index contributed by atoms with van der Waals surface area (Å²) in [5.74, 6) is -2.43. The van der Waals surface area contributed by atoms with E-state index in [9.17, 15) is 19.5 Å². The highest BCUT2D eigenvalue weighted by Gasteiger charge is 2.62. The molecule has 6 atom stereocenters. The molecule has 3 fully saturated rings. The lowest BCUT2D eigenvalue weighted by Crippen LogP contribution is -2.72. The Balaban J connectivity index is 1.58. The molecule has 2 aliphatic heterocycles. The predicted octanol–water partition coefficient (Wildman–Crippen LogP) is -0.312. The highest BCUT2D eigenvalue weighted by Crippen LogP contribution is 2.37. The van der Waals surface area contributed by atoms with Crippen molar-refractivity contribution >= 4 is 18.1 Å². The lowest BCUT2D eigenvalue weighted by Gasteiger charge is -2.50. The number of hydrogen-bond donors (Lipinski definition) is 1. The minimum Gasteiger partial charge on any atom is -0.447 e. The number of ether oxygens (including phenoxy) is 5. The molecule has 0 radical (unpaired) electrons. The second-order valence-corrected chi connectivity index (χ2v) is 5.91. The van der Waals surface area contributed by atoms with Gasteiger partial charge in [-0.05, 0) is 5.56 Å². The van der Waals surface area contributed by atoms with Crippen molar-refractivity contribution in [2.24, 2.45) is 0 Å². The van der Waals surface area contributed by atoms with Crippen LogP contribution in [-0.2, 0) is 39.9 Å². The van der Waals surface area contributed by atoms with Crippen LogP contribution >= 0.6 is 0 Å². The highest BCUT2D eigenvalue weighted by molar-refractivity contribution is 6.30. The number of carbonyl (C=O) groups is 3. The van der Waals surface area contributed by atoms with Gasteiger partial charge in [0.15, 0.2) is 24.4 Å². The Hall–Kier alpha value is -2.65. The molecule has 0 spiro atoms. The first-order valence-corrected chi connectivity index (χ1v) is 7.67. The molecule has 2 saturated heterocycles. The van der Waals surface area contributed by atoms with Crippen LogP contribution in [0.2, 0.25) is 0 Å². The van der Waals surface area contributed by atoms with E-state index in [0.717, 1.165) is 5.56 Å². The maximum absolute atomic E-state index is 11.6. The molecule has 25 heavy (non-hydrogen) atoms. The first-order chi connectivity index (χ1) is 12.0. The molecule has 1 N–H and O–H groups in total. The van der Waals surface area contributed by atoms with Crippen LogP contribution in [0.25, 0.3) is 0 Å². The third-order valence-corrected chi connectivity index (χ3v) is 4.37. The van der Waals surface area contributed by atoms with Crippen LogP contribution in [0.15, 0.2) is 30.3 Å². The normalized spacial score (nSPS) is 36.4. The summed E-state index contributed by atoms with van der Waals surface area (Å²) in [6.07, 6.45) is -7.83. The maximum Gasteiger partial charge on any atom is 0.509 e. The molecule has 1 aliphatic carbocycles. The summed E-state index contributed by atoms with van der Waals surface area (Å²) in [5.41, 5.74) is 0.857. The summed E-state index contributed by atoms with van der Waals surface area (Å²) < 4.78 is 25.8. The van der Waals surface area contributed by atoms with Gasteiger partial charge >= 0.3 is 18.1 Å². The van der Waals surface area contributed by atoms with E-state index in [1.165, 1.54) is 0 Å². The van der Waals surface area contributed by atoms with Crippen molar-refractivity contribution in [2.45, 2.75) is 43.2 Å². The quantitative estimate of drug-likeness (QED) is 0.445. The first kappa shape index (κ1) is 15.9. The molecule has 9 heteroatoms. The van der Waals surface area contributed by atoms with Gasteiger partial charge in [-0.15, -0.1) is 0 Å². The molecule has 1 aromatic carbocycles. The Kier molecular flexibility index (Phi) is 3.81. The highest BCUT2D eigenvalue weighted by atomic mass is 16.8. The first-order valence-electron chi connectivity index (χ1n) is 7.67. The van der Waals surface area contributed by atoms with Crippen molar-refractivity contribution in [3.63, 3.8) is 0 Å². The third-order valence-electron chi connectivity index (χ3n) is 4.37. The second kappa shape index (κ2) is 6.01. The molecule has 4 rings (SSSR count). The van der Waals surface area contributed by atoms with E-state index in [0.29, 0.717) is 0 Å². The minimum absolute atomic E-state index is 0.164. The monoisotopic (exact) mass is 350 g/mol. The Morgan fingerprint density at radius 3 is 2.20 bits per heavy atom. The van der Waals surface area contributed by atoms with Crippen molar-refractivity contribution in [2.75, 3.05) is 0 Å². The van der Waals surface area contributed by atoms with E-state index in [1.807, 2.05) is 30.3 Å². The van der Waals surface area contributed by atoms with E-state index >= 15 is 0 Å². The van der Waals surface area contributed by atoms with Crippen LogP contribution < -0.4 is 0 Å². The van der Waals surface area contributed by atoms with Crippen molar-refractivity contribution in [3.8, 4) is 0 Å². The summed E-state index contributed by atoms with van der Waals surface area (Å²) in [6, 6.07) is 9.21. The van der Waals surface area contributed by atoms with Gasteiger partial charge in [-0.3, -0.25) is 0 Å². The van der Waals surface area contributed by atoms with E-state index in [4.69, 9.17) is 23.7 Å². The molecule has 1 aromatic rings. The lowest BCUT2D eigenvalue weighted by molar-refractivity contribution is -0.287. The molecule has 6 unspecified atom stereocenters. The minimum atomic E-state index is -1.41. The van der Waals surface area contributed by atoms with Crippen LogP contribution in [0.5, 0.6) is 0 Å². The van der Waals surface area contributed by atoms with Crippen molar-refractivity contribution in [3.05, 3.63) is 35.9 Å². The molecule has 3 aliphatic rings. The van der Waals surface area contributed by atoms with Gasteiger partial charge in [0.05, 0.1) is 6.61 Å². The Morgan fingerprint density at radius 1 is 0.840 bits per heavy atom. The predicted molar refractivity (Wildman–Crippen MR) is 75.9 cm³/mol. The summed E-state index contributed by atoms with van der Waals surface area (Å²) in [7, 11) is 0. The van der Waals surface area contributed by atoms with Gasteiger partial charge in [0, 0.05) is 0 Å². The van der Waals surface area contributed by atoms with E-state index < -0.39 is 54.7 Å². The average Bonchev–Trinajstić information content (AvgIpc) is 2.61. The van der Waals surface area contributed by atoms with E-state index in [1.54, 1.807) is 0 Å². The number of esters is 2. The van der Waals surface area contributed by atoms with Gasteiger partial charge in [0.25, 0.3) is 0 Å². The SMILES string of the molecule is O=C1OC2C(O)C3OC(=O)C(=O)OC3C(O1)C2OCc1ccccc1. The zero-order chi connectivity index (χ0) is 17.6. The number of rotatable bonds is 3. The molecule has 0 aromatic heterocycles. The summed E-state index contributed by atoms with van der Waals surface area (Å²) in [5, 5.41) is 10.4. The van der Waals surface area contributed by atoms with E-state index in [-0.39, 0.29) is 6.61 Å². The second-order valence-electron chi connectivity index (χ2n) is 5.91. The summed E-state index contributed by atoms with van der Waals surface area (Å²) in [4.78, 5) is 34.5. The van der Waals surface area contributed by atoms with Gasteiger partial charge in [-0.1, -0.05) is 30.3 Å². The van der Waals surface area contributed by atoms with Crippen molar-refractivity contribution in [1.82, 2.24) is 0 Å². The number of fused-ring (bicyclic) bond motifs is 4. The Morgan fingerprint density at radius 2 is 1.48 bits per heavy atom. The van der Waals surface area contributed by atoms with E-state index in [2.05, 4.69) is 0 Å². The smallest absolute Gasteiger partial charge is 0.447 e. The molecule has 0 amide bonds. The molecular formula is C16H14O9. The maximum atomic E-state index is 11.6. The molecule has 1 saturated carbocycles.